The molecule has 0 saturated carbocycles. The van der Waals surface area contributed by atoms with Gasteiger partial charge in [0.1, 0.15) is 11.6 Å². The van der Waals surface area contributed by atoms with Crippen LogP contribution in [0.2, 0.25) is 0 Å². The number of aromatic nitrogens is 2. The number of hydrogen-bond acceptors (Lipinski definition) is 5. The zero-order chi connectivity index (χ0) is 15.5. The van der Waals surface area contributed by atoms with E-state index in [1.54, 1.807) is 12.4 Å². The lowest BCUT2D eigenvalue weighted by Gasteiger charge is -2.15. The Labute approximate surface area is 123 Å². The predicted molar refractivity (Wildman–Crippen MR) is 79.3 cm³/mol. The molecule has 0 amide bonds. The minimum Gasteiger partial charge on any atom is -0.495 e. The zero-order valence-electron chi connectivity index (χ0n) is 11.8. The van der Waals surface area contributed by atoms with Gasteiger partial charge in [-0.05, 0) is 24.6 Å². The highest BCUT2D eigenvalue weighted by Gasteiger charge is 2.22. The van der Waals surface area contributed by atoms with E-state index in [4.69, 9.17) is 10.5 Å². The van der Waals surface area contributed by atoms with Crippen molar-refractivity contribution in [1.82, 2.24) is 14.7 Å². The van der Waals surface area contributed by atoms with Gasteiger partial charge in [0.05, 0.1) is 23.7 Å². The summed E-state index contributed by atoms with van der Waals surface area (Å²) in [5.74, 6) is 1.01. The Morgan fingerprint density at radius 1 is 1.48 bits per heavy atom. The van der Waals surface area contributed by atoms with Crippen molar-refractivity contribution in [3.05, 3.63) is 36.4 Å². The van der Waals surface area contributed by atoms with Crippen molar-refractivity contribution < 1.29 is 13.2 Å². The van der Waals surface area contributed by atoms with Crippen LogP contribution in [-0.4, -0.2) is 25.5 Å². The molecule has 0 fully saturated rings. The lowest BCUT2D eigenvalue weighted by atomic mass is 10.2. The maximum absolute atomic E-state index is 12.4. The molecule has 0 spiro atoms. The Bertz CT molecular complexity index is 698. The van der Waals surface area contributed by atoms with E-state index in [2.05, 4.69) is 14.7 Å². The van der Waals surface area contributed by atoms with E-state index in [1.807, 2.05) is 6.92 Å². The third-order valence-corrected chi connectivity index (χ3v) is 4.54. The number of benzene rings is 1. The first-order valence-electron chi connectivity index (χ1n) is 6.43. The van der Waals surface area contributed by atoms with Gasteiger partial charge in [0.2, 0.25) is 10.0 Å². The number of nitrogens with two attached hydrogens (primary N) is 1. The van der Waals surface area contributed by atoms with E-state index >= 15 is 0 Å². The van der Waals surface area contributed by atoms with Crippen LogP contribution < -0.4 is 15.2 Å². The second-order valence-electron chi connectivity index (χ2n) is 4.46. The van der Waals surface area contributed by atoms with Gasteiger partial charge in [0.15, 0.2) is 0 Å². The molecule has 114 valence electrons. The van der Waals surface area contributed by atoms with Crippen LogP contribution in [-0.2, 0) is 10.0 Å². The van der Waals surface area contributed by atoms with Gasteiger partial charge in [-0.15, -0.1) is 0 Å². The Balaban J connectivity index is 2.27. The summed E-state index contributed by atoms with van der Waals surface area (Å²) in [6.45, 7) is 1.87. The van der Waals surface area contributed by atoms with Gasteiger partial charge in [-0.1, -0.05) is 6.92 Å². The Hall–Kier alpha value is -2.06. The van der Waals surface area contributed by atoms with Gasteiger partial charge in [-0.3, -0.25) is 0 Å². The van der Waals surface area contributed by atoms with Crippen molar-refractivity contribution in [2.75, 3.05) is 12.8 Å². The van der Waals surface area contributed by atoms with Gasteiger partial charge in [-0.2, -0.15) is 0 Å². The summed E-state index contributed by atoms with van der Waals surface area (Å²) in [6, 6.07) is 3.92. The third kappa shape index (κ3) is 3.34. The van der Waals surface area contributed by atoms with E-state index in [1.165, 1.54) is 25.3 Å². The van der Waals surface area contributed by atoms with Crippen LogP contribution in [0.25, 0.3) is 0 Å². The lowest BCUT2D eigenvalue weighted by Crippen LogP contribution is -2.29. The summed E-state index contributed by atoms with van der Waals surface area (Å²) in [5.41, 5.74) is 6.02. The molecule has 21 heavy (non-hydrogen) atoms. The zero-order valence-corrected chi connectivity index (χ0v) is 12.6. The van der Waals surface area contributed by atoms with Gasteiger partial charge in [0.25, 0.3) is 0 Å². The topological polar surface area (TPSA) is 110 Å². The number of sulfonamides is 1. The quantitative estimate of drug-likeness (QED) is 0.699. The molecule has 0 aliphatic heterocycles. The van der Waals surface area contributed by atoms with Gasteiger partial charge >= 0.3 is 0 Å². The Kier molecular flexibility index (Phi) is 4.49. The summed E-state index contributed by atoms with van der Waals surface area (Å²) in [5, 5.41) is 0. The van der Waals surface area contributed by atoms with Crippen molar-refractivity contribution in [1.29, 1.82) is 0 Å². The third-order valence-electron chi connectivity index (χ3n) is 3.07. The molecular weight excluding hydrogens is 292 g/mol. The highest BCUT2D eigenvalue weighted by atomic mass is 32.2. The van der Waals surface area contributed by atoms with Crippen LogP contribution in [0.4, 0.5) is 5.69 Å². The first-order chi connectivity index (χ1) is 9.97. The molecule has 4 N–H and O–H groups in total. The molecular formula is C13H18N4O3S. The molecule has 1 unspecified atom stereocenters. The van der Waals surface area contributed by atoms with Crippen LogP contribution in [0.3, 0.4) is 0 Å². The first kappa shape index (κ1) is 15.3. The van der Waals surface area contributed by atoms with Gasteiger partial charge in [0, 0.05) is 12.4 Å². The Morgan fingerprint density at radius 3 is 2.76 bits per heavy atom. The van der Waals surface area contributed by atoms with E-state index in [9.17, 15) is 8.42 Å². The van der Waals surface area contributed by atoms with Gasteiger partial charge < -0.3 is 15.5 Å². The van der Waals surface area contributed by atoms with Gasteiger partial charge in [-0.25, -0.2) is 18.1 Å². The largest absolute Gasteiger partial charge is 0.495 e. The second kappa shape index (κ2) is 6.15. The second-order valence-corrected chi connectivity index (χ2v) is 6.17. The average molecular weight is 310 g/mol. The van der Waals surface area contributed by atoms with Crippen LogP contribution in [0.1, 0.15) is 25.2 Å². The maximum atomic E-state index is 12.4. The smallest absolute Gasteiger partial charge is 0.241 e. The molecule has 1 heterocycles. The van der Waals surface area contributed by atoms with E-state index < -0.39 is 16.1 Å². The maximum Gasteiger partial charge on any atom is 0.241 e. The van der Waals surface area contributed by atoms with E-state index in [-0.39, 0.29) is 10.6 Å². The predicted octanol–water partition coefficient (Wildman–Crippen LogP) is 1.43. The molecule has 0 radical (unpaired) electrons. The number of anilines is 1. The molecule has 7 nitrogen and oxygen atoms in total. The molecule has 1 aromatic heterocycles. The summed E-state index contributed by atoms with van der Waals surface area (Å²) >= 11 is 0. The summed E-state index contributed by atoms with van der Waals surface area (Å²) in [6.07, 6.45) is 3.80. The summed E-state index contributed by atoms with van der Waals surface area (Å²) < 4.78 is 32.4. The van der Waals surface area contributed by atoms with Crippen molar-refractivity contribution in [3.63, 3.8) is 0 Å². The number of aromatic amines is 1. The molecule has 8 heteroatoms. The van der Waals surface area contributed by atoms with E-state index in [0.717, 1.165) is 0 Å². The monoisotopic (exact) mass is 310 g/mol. The first-order valence-corrected chi connectivity index (χ1v) is 7.91. The van der Waals surface area contributed by atoms with Crippen molar-refractivity contribution in [3.8, 4) is 5.75 Å². The number of H-pyrrole nitrogens is 1. The number of imidazole rings is 1. The molecule has 2 aromatic rings. The fourth-order valence-electron chi connectivity index (χ4n) is 1.94. The lowest BCUT2D eigenvalue weighted by molar-refractivity contribution is 0.416. The summed E-state index contributed by atoms with van der Waals surface area (Å²) in [4.78, 5) is 7.08. The van der Waals surface area contributed by atoms with Crippen molar-refractivity contribution >= 4 is 15.7 Å². The minimum atomic E-state index is -3.69. The average Bonchev–Trinajstić information content (AvgIpc) is 2.98. The molecule has 0 bridgehead atoms. The Morgan fingerprint density at radius 2 is 2.24 bits per heavy atom. The number of nitrogens with one attached hydrogen (secondary N) is 2. The number of rotatable bonds is 6. The SMILES string of the molecule is CCC(NS(=O)(=O)c1ccc(OC)c(N)c1)c1ncc[nH]1. The molecule has 0 aliphatic rings. The summed E-state index contributed by atoms with van der Waals surface area (Å²) in [7, 11) is -2.22. The highest BCUT2D eigenvalue weighted by Crippen LogP contribution is 2.25. The molecule has 2 rings (SSSR count). The van der Waals surface area contributed by atoms with E-state index in [0.29, 0.717) is 18.0 Å². The number of ether oxygens (including phenoxy) is 1. The molecule has 0 aliphatic carbocycles. The normalized spacial score (nSPS) is 13.0. The standard InChI is InChI=1S/C13H18N4O3S/c1-3-11(13-15-6-7-16-13)17-21(18,19)9-4-5-12(20-2)10(14)8-9/h4-8,11,17H,3,14H2,1-2H3,(H,15,16). The highest BCUT2D eigenvalue weighted by molar-refractivity contribution is 7.89. The number of nitrogen functional groups attached to an aromatic ring is 1. The molecule has 1 aromatic carbocycles. The number of hydrogen-bond donors (Lipinski definition) is 3. The number of methoxy groups -OCH3 is 1. The van der Waals surface area contributed by atoms with Crippen LogP contribution in [0.15, 0.2) is 35.5 Å². The fraction of sp³-hybridized carbons (Fsp3) is 0.308. The van der Waals surface area contributed by atoms with Crippen LogP contribution >= 0.6 is 0 Å². The van der Waals surface area contributed by atoms with Crippen LogP contribution in [0.5, 0.6) is 5.75 Å². The fourth-order valence-corrected chi connectivity index (χ4v) is 3.25. The number of nitrogens with zero attached hydrogens (tertiary/aromatic N) is 1. The molecule has 1 atom stereocenters. The van der Waals surface area contributed by atoms with Crippen molar-refractivity contribution in [2.45, 2.75) is 24.3 Å². The molecule has 0 saturated heterocycles. The minimum absolute atomic E-state index is 0.0887. The van der Waals surface area contributed by atoms with Crippen molar-refractivity contribution in [2.24, 2.45) is 0 Å². The van der Waals surface area contributed by atoms with Crippen LogP contribution in [0, 0.1) is 0 Å².